The summed E-state index contributed by atoms with van der Waals surface area (Å²) >= 11 is 5.17. The zero-order valence-corrected chi connectivity index (χ0v) is 11.5. The second-order valence-corrected chi connectivity index (χ2v) is 6.78. The number of sulfone groups is 1. The predicted octanol–water partition coefficient (Wildman–Crippen LogP) is 2.12. The maximum Gasteiger partial charge on any atom is 0.154 e. The minimum Gasteiger partial charge on any atom is -0.346 e. The second kappa shape index (κ2) is 4.63. The first kappa shape index (κ1) is 13.3. The van der Waals surface area contributed by atoms with Gasteiger partial charge in [-0.25, -0.2) is 13.4 Å². The van der Waals surface area contributed by atoms with E-state index in [1.54, 1.807) is 0 Å². The number of aromatic amines is 1. The van der Waals surface area contributed by atoms with Crippen molar-refractivity contribution >= 4 is 22.1 Å². The third-order valence-electron chi connectivity index (χ3n) is 2.18. The van der Waals surface area contributed by atoms with E-state index in [1.807, 2.05) is 20.8 Å². The van der Waals surface area contributed by atoms with Crippen molar-refractivity contribution in [3.8, 4) is 0 Å². The molecule has 0 fully saturated rings. The molecule has 0 amide bonds. The molecule has 0 saturated carbocycles. The highest BCUT2D eigenvalue weighted by Gasteiger charge is 2.12. The van der Waals surface area contributed by atoms with Crippen molar-refractivity contribution in [1.29, 1.82) is 0 Å². The van der Waals surface area contributed by atoms with Crippen LogP contribution in [0.2, 0.25) is 0 Å². The number of nitrogens with zero attached hydrogens (tertiary/aromatic N) is 1. The van der Waals surface area contributed by atoms with Gasteiger partial charge in [-0.15, -0.1) is 0 Å². The normalized spacial score (nSPS) is 12.1. The zero-order chi connectivity index (χ0) is 12.5. The maximum atomic E-state index is 11.1. The molecule has 0 aliphatic carbocycles. The summed E-state index contributed by atoms with van der Waals surface area (Å²) in [6.45, 7) is 5.95. The summed E-state index contributed by atoms with van der Waals surface area (Å²) in [5.74, 6) is 0.591. The Hall–Kier alpha value is -0.750. The van der Waals surface area contributed by atoms with Crippen LogP contribution in [0.3, 0.4) is 0 Å². The molecule has 0 spiro atoms. The quantitative estimate of drug-likeness (QED) is 0.846. The van der Waals surface area contributed by atoms with Gasteiger partial charge in [0.2, 0.25) is 0 Å². The Balaban J connectivity index is 3.26. The topological polar surface area (TPSA) is 62.8 Å². The molecular formula is C10H16N2O2S2. The molecule has 0 radical (unpaired) electrons. The van der Waals surface area contributed by atoms with E-state index in [-0.39, 0.29) is 11.7 Å². The minimum atomic E-state index is -3.08. The molecule has 1 rings (SSSR count). The van der Waals surface area contributed by atoms with Gasteiger partial charge in [0.05, 0.1) is 0 Å². The standard InChI is InChI=1S/C10H16N2O2S2/c1-6(2)9-7(3)11-8(12-10(9)15)5-16(4,13)14/h6H,5H2,1-4H3,(H,11,12,15). The predicted molar refractivity (Wildman–Crippen MR) is 66.8 cm³/mol. The van der Waals surface area contributed by atoms with Gasteiger partial charge in [-0.05, 0) is 12.8 Å². The molecule has 1 heterocycles. The Morgan fingerprint density at radius 2 is 2.00 bits per heavy atom. The van der Waals surface area contributed by atoms with Gasteiger partial charge in [-0.2, -0.15) is 0 Å². The van der Waals surface area contributed by atoms with Gasteiger partial charge in [0.15, 0.2) is 9.84 Å². The summed E-state index contributed by atoms with van der Waals surface area (Å²) in [7, 11) is -3.08. The van der Waals surface area contributed by atoms with E-state index in [4.69, 9.17) is 12.2 Å². The summed E-state index contributed by atoms with van der Waals surface area (Å²) in [6.07, 6.45) is 1.18. The average Bonchev–Trinajstić information content (AvgIpc) is 1.96. The molecule has 0 saturated heterocycles. The molecule has 0 atom stereocenters. The van der Waals surface area contributed by atoms with Gasteiger partial charge in [-0.1, -0.05) is 26.1 Å². The lowest BCUT2D eigenvalue weighted by Crippen LogP contribution is -2.09. The number of hydrogen-bond donors (Lipinski definition) is 1. The lowest BCUT2D eigenvalue weighted by Gasteiger charge is -2.11. The van der Waals surface area contributed by atoms with Crippen LogP contribution >= 0.6 is 12.2 Å². The highest BCUT2D eigenvalue weighted by atomic mass is 32.2. The van der Waals surface area contributed by atoms with E-state index in [2.05, 4.69) is 9.97 Å². The van der Waals surface area contributed by atoms with Crippen LogP contribution < -0.4 is 0 Å². The van der Waals surface area contributed by atoms with Gasteiger partial charge in [0.1, 0.15) is 16.2 Å². The van der Waals surface area contributed by atoms with Crippen LogP contribution in [0.5, 0.6) is 0 Å². The Morgan fingerprint density at radius 3 is 2.38 bits per heavy atom. The van der Waals surface area contributed by atoms with Crippen molar-refractivity contribution in [1.82, 2.24) is 9.97 Å². The summed E-state index contributed by atoms with van der Waals surface area (Å²) in [5.41, 5.74) is 1.88. The molecule has 90 valence electrons. The molecule has 0 unspecified atom stereocenters. The molecule has 6 heteroatoms. The van der Waals surface area contributed by atoms with Crippen molar-refractivity contribution in [3.05, 3.63) is 21.7 Å². The largest absolute Gasteiger partial charge is 0.346 e. The number of aryl methyl sites for hydroxylation is 1. The summed E-state index contributed by atoms with van der Waals surface area (Å²) in [5, 5.41) is 0. The Morgan fingerprint density at radius 1 is 1.44 bits per heavy atom. The van der Waals surface area contributed by atoms with E-state index in [0.29, 0.717) is 10.5 Å². The summed E-state index contributed by atoms with van der Waals surface area (Å²) in [4.78, 5) is 7.12. The zero-order valence-electron chi connectivity index (χ0n) is 9.86. The van der Waals surface area contributed by atoms with Crippen LogP contribution in [0.15, 0.2) is 0 Å². The van der Waals surface area contributed by atoms with Crippen LogP contribution in [0.4, 0.5) is 0 Å². The summed E-state index contributed by atoms with van der Waals surface area (Å²) < 4.78 is 22.8. The highest BCUT2D eigenvalue weighted by molar-refractivity contribution is 7.89. The van der Waals surface area contributed by atoms with E-state index in [9.17, 15) is 8.42 Å². The van der Waals surface area contributed by atoms with Gasteiger partial charge >= 0.3 is 0 Å². The van der Waals surface area contributed by atoms with E-state index in [0.717, 1.165) is 11.3 Å². The number of hydrogen-bond acceptors (Lipinski definition) is 4. The fourth-order valence-corrected chi connectivity index (χ4v) is 2.78. The number of H-pyrrole nitrogens is 1. The Bertz CT molecular complexity index is 544. The molecule has 4 nitrogen and oxygen atoms in total. The van der Waals surface area contributed by atoms with E-state index < -0.39 is 9.84 Å². The van der Waals surface area contributed by atoms with Gasteiger partial charge in [-0.3, -0.25) is 0 Å². The Labute approximate surface area is 101 Å². The highest BCUT2D eigenvalue weighted by Crippen LogP contribution is 2.18. The molecule has 0 aromatic carbocycles. The van der Waals surface area contributed by atoms with Gasteiger partial charge < -0.3 is 4.98 Å². The number of rotatable bonds is 3. The molecule has 16 heavy (non-hydrogen) atoms. The average molecular weight is 260 g/mol. The van der Waals surface area contributed by atoms with Gasteiger partial charge in [0.25, 0.3) is 0 Å². The third-order valence-corrected chi connectivity index (χ3v) is 3.29. The molecule has 1 N–H and O–H groups in total. The van der Waals surface area contributed by atoms with Crippen molar-refractivity contribution in [3.63, 3.8) is 0 Å². The van der Waals surface area contributed by atoms with Crippen molar-refractivity contribution in [2.24, 2.45) is 0 Å². The van der Waals surface area contributed by atoms with Crippen LogP contribution in [-0.2, 0) is 15.6 Å². The van der Waals surface area contributed by atoms with E-state index >= 15 is 0 Å². The monoisotopic (exact) mass is 260 g/mol. The first-order valence-electron chi connectivity index (χ1n) is 4.98. The van der Waals surface area contributed by atoms with Crippen molar-refractivity contribution in [2.45, 2.75) is 32.4 Å². The summed E-state index contributed by atoms with van der Waals surface area (Å²) in [6, 6.07) is 0. The maximum absolute atomic E-state index is 11.1. The van der Waals surface area contributed by atoms with Crippen molar-refractivity contribution < 1.29 is 8.42 Å². The fourth-order valence-electron chi connectivity index (χ4n) is 1.65. The Kier molecular flexibility index (Phi) is 3.85. The molecular weight excluding hydrogens is 244 g/mol. The van der Waals surface area contributed by atoms with Gasteiger partial charge in [0, 0.05) is 17.5 Å². The molecule has 0 aliphatic heterocycles. The van der Waals surface area contributed by atoms with Crippen LogP contribution in [-0.4, -0.2) is 24.6 Å². The molecule has 1 aromatic rings. The third kappa shape index (κ3) is 3.38. The molecule has 0 bridgehead atoms. The van der Waals surface area contributed by atoms with Crippen LogP contribution in [0.25, 0.3) is 0 Å². The fraction of sp³-hybridized carbons (Fsp3) is 0.600. The first-order chi connectivity index (χ1) is 7.20. The molecule has 1 aromatic heterocycles. The smallest absolute Gasteiger partial charge is 0.154 e. The number of aromatic nitrogens is 2. The first-order valence-corrected chi connectivity index (χ1v) is 7.45. The lowest BCUT2D eigenvalue weighted by atomic mass is 10.0. The second-order valence-electron chi connectivity index (χ2n) is 4.25. The van der Waals surface area contributed by atoms with E-state index in [1.165, 1.54) is 6.26 Å². The molecule has 0 aliphatic rings. The lowest BCUT2D eigenvalue weighted by molar-refractivity contribution is 0.599. The van der Waals surface area contributed by atoms with Crippen molar-refractivity contribution in [2.75, 3.05) is 6.26 Å². The van der Waals surface area contributed by atoms with Crippen LogP contribution in [0, 0.1) is 11.6 Å². The SMILES string of the molecule is Cc1[nH]c(CS(C)(=O)=O)nc(=S)c1C(C)C. The van der Waals surface area contributed by atoms with Crippen LogP contribution in [0.1, 0.15) is 36.8 Å². The number of nitrogens with one attached hydrogen (secondary N) is 1. The minimum absolute atomic E-state index is 0.101.